The molecule has 1 N–H and O–H groups in total. The molecular formula is C20H22ClN3O4. The van der Waals surface area contributed by atoms with Crippen LogP contribution in [0, 0.1) is 0 Å². The molecule has 2 amide bonds. The van der Waals surface area contributed by atoms with Gasteiger partial charge in [-0.3, -0.25) is 9.59 Å². The number of methoxy groups -OCH3 is 2. The highest BCUT2D eigenvalue weighted by atomic mass is 35.5. The average molecular weight is 404 g/mol. The van der Waals surface area contributed by atoms with Gasteiger partial charge in [-0.05, 0) is 42.5 Å². The predicted molar refractivity (Wildman–Crippen MR) is 108 cm³/mol. The van der Waals surface area contributed by atoms with E-state index in [1.807, 2.05) is 24.3 Å². The maximum absolute atomic E-state index is 12.5. The van der Waals surface area contributed by atoms with Crippen LogP contribution in [0.1, 0.15) is 0 Å². The maximum atomic E-state index is 12.5. The van der Waals surface area contributed by atoms with Gasteiger partial charge in [0.2, 0.25) is 0 Å². The van der Waals surface area contributed by atoms with E-state index in [2.05, 4.69) is 10.2 Å². The van der Waals surface area contributed by atoms with Gasteiger partial charge in [-0.2, -0.15) is 0 Å². The van der Waals surface area contributed by atoms with Gasteiger partial charge in [0, 0.05) is 36.9 Å². The van der Waals surface area contributed by atoms with Crippen molar-refractivity contribution in [2.45, 2.75) is 0 Å². The topological polar surface area (TPSA) is 71.1 Å². The van der Waals surface area contributed by atoms with Gasteiger partial charge in [0.05, 0.1) is 19.9 Å². The minimum Gasteiger partial charge on any atom is -0.497 e. The number of benzene rings is 2. The minimum atomic E-state index is -0.710. The Morgan fingerprint density at radius 1 is 0.964 bits per heavy atom. The summed E-state index contributed by atoms with van der Waals surface area (Å²) in [6.07, 6.45) is 0. The van der Waals surface area contributed by atoms with E-state index in [9.17, 15) is 9.59 Å². The summed E-state index contributed by atoms with van der Waals surface area (Å²) >= 11 is 5.96. The SMILES string of the molecule is COc1ccc(N2CCN(C(=O)C(=O)Nc3cc(Cl)ccc3OC)CC2)cc1. The van der Waals surface area contributed by atoms with Crippen molar-refractivity contribution in [3.05, 3.63) is 47.5 Å². The highest BCUT2D eigenvalue weighted by Gasteiger charge is 2.26. The van der Waals surface area contributed by atoms with Crippen molar-refractivity contribution < 1.29 is 19.1 Å². The summed E-state index contributed by atoms with van der Waals surface area (Å²) in [6, 6.07) is 12.6. The molecule has 0 spiro atoms. The highest BCUT2D eigenvalue weighted by Crippen LogP contribution is 2.27. The number of carbonyl (C=O) groups excluding carboxylic acids is 2. The van der Waals surface area contributed by atoms with Gasteiger partial charge in [0.15, 0.2) is 0 Å². The van der Waals surface area contributed by atoms with Crippen molar-refractivity contribution in [1.29, 1.82) is 0 Å². The molecule has 1 fully saturated rings. The molecule has 2 aromatic carbocycles. The molecule has 28 heavy (non-hydrogen) atoms. The van der Waals surface area contributed by atoms with Crippen molar-refractivity contribution in [1.82, 2.24) is 4.90 Å². The molecule has 148 valence electrons. The average Bonchev–Trinajstić information content (AvgIpc) is 2.73. The first-order valence-electron chi connectivity index (χ1n) is 8.84. The number of ether oxygens (including phenoxy) is 2. The van der Waals surface area contributed by atoms with Crippen LogP contribution >= 0.6 is 11.6 Å². The number of amides is 2. The molecule has 7 nitrogen and oxygen atoms in total. The van der Waals surface area contributed by atoms with Crippen LogP contribution in [-0.4, -0.2) is 57.1 Å². The minimum absolute atomic E-state index is 0.366. The second-order valence-electron chi connectivity index (χ2n) is 6.28. The first kappa shape index (κ1) is 19.8. The number of anilines is 2. The van der Waals surface area contributed by atoms with Crippen LogP contribution in [0.2, 0.25) is 5.02 Å². The van der Waals surface area contributed by atoms with Gasteiger partial charge in [-0.25, -0.2) is 0 Å². The van der Waals surface area contributed by atoms with Crippen molar-refractivity contribution in [2.75, 3.05) is 50.6 Å². The van der Waals surface area contributed by atoms with E-state index in [1.54, 1.807) is 30.2 Å². The molecule has 0 unspecified atom stereocenters. The zero-order chi connectivity index (χ0) is 20.1. The molecule has 0 aromatic heterocycles. The number of nitrogens with zero attached hydrogens (tertiary/aromatic N) is 2. The molecule has 3 rings (SSSR count). The van der Waals surface area contributed by atoms with E-state index in [-0.39, 0.29) is 0 Å². The summed E-state index contributed by atoms with van der Waals surface area (Å²) in [7, 11) is 3.11. The Hall–Kier alpha value is -2.93. The first-order valence-corrected chi connectivity index (χ1v) is 9.22. The normalized spacial score (nSPS) is 13.8. The molecule has 1 aliphatic rings. The Balaban J connectivity index is 1.58. The van der Waals surface area contributed by atoms with Gasteiger partial charge < -0.3 is 24.6 Å². The summed E-state index contributed by atoms with van der Waals surface area (Å²) in [5.74, 6) is -0.0459. The fourth-order valence-electron chi connectivity index (χ4n) is 3.06. The van der Waals surface area contributed by atoms with E-state index in [4.69, 9.17) is 21.1 Å². The Labute approximate surface area is 168 Å². The lowest BCUT2D eigenvalue weighted by Crippen LogP contribution is -2.51. The third-order valence-electron chi connectivity index (χ3n) is 4.61. The number of piperazine rings is 1. The second kappa shape index (κ2) is 8.84. The third-order valence-corrected chi connectivity index (χ3v) is 4.84. The Kier molecular flexibility index (Phi) is 6.26. The molecule has 8 heteroatoms. The molecule has 1 aliphatic heterocycles. The number of halogens is 1. The molecule has 0 bridgehead atoms. The van der Waals surface area contributed by atoms with Crippen LogP contribution in [0.15, 0.2) is 42.5 Å². The fraction of sp³-hybridized carbons (Fsp3) is 0.300. The zero-order valence-electron chi connectivity index (χ0n) is 15.8. The zero-order valence-corrected chi connectivity index (χ0v) is 16.5. The Morgan fingerprint density at radius 2 is 1.64 bits per heavy atom. The lowest BCUT2D eigenvalue weighted by Gasteiger charge is -2.35. The van der Waals surface area contributed by atoms with Crippen molar-refractivity contribution >= 4 is 34.8 Å². The molecule has 0 saturated carbocycles. The number of nitrogens with one attached hydrogen (secondary N) is 1. The molecule has 0 atom stereocenters. The lowest BCUT2D eigenvalue weighted by atomic mass is 10.2. The van der Waals surface area contributed by atoms with Gasteiger partial charge >= 0.3 is 11.8 Å². The smallest absolute Gasteiger partial charge is 0.314 e. The summed E-state index contributed by atoms with van der Waals surface area (Å²) in [5, 5.41) is 3.03. The molecule has 1 saturated heterocycles. The molecule has 2 aromatic rings. The first-order chi connectivity index (χ1) is 13.5. The predicted octanol–water partition coefficient (Wildman–Crippen LogP) is 2.64. The number of carbonyl (C=O) groups is 2. The van der Waals surface area contributed by atoms with Gasteiger partial charge in [-0.1, -0.05) is 11.6 Å². The summed E-state index contributed by atoms with van der Waals surface area (Å²) in [4.78, 5) is 28.6. The van der Waals surface area contributed by atoms with Crippen LogP contribution in [-0.2, 0) is 9.59 Å². The number of hydrogen-bond acceptors (Lipinski definition) is 5. The quantitative estimate of drug-likeness (QED) is 0.795. The van der Waals surface area contributed by atoms with Crippen LogP contribution in [0.5, 0.6) is 11.5 Å². The summed E-state index contributed by atoms with van der Waals surface area (Å²) < 4.78 is 10.4. The molecule has 1 heterocycles. The van der Waals surface area contributed by atoms with E-state index in [0.717, 1.165) is 11.4 Å². The van der Waals surface area contributed by atoms with E-state index < -0.39 is 11.8 Å². The van der Waals surface area contributed by atoms with Crippen molar-refractivity contribution in [2.24, 2.45) is 0 Å². The molecule has 0 aliphatic carbocycles. The number of hydrogen-bond donors (Lipinski definition) is 1. The lowest BCUT2D eigenvalue weighted by molar-refractivity contribution is -0.143. The highest BCUT2D eigenvalue weighted by molar-refractivity contribution is 6.40. The van der Waals surface area contributed by atoms with Crippen LogP contribution in [0.3, 0.4) is 0 Å². The number of rotatable bonds is 4. The van der Waals surface area contributed by atoms with Gasteiger partial charge in [0.25, 0.3) is 0 Å². The summed E-state index contributed by atoms with van der Waals surface area (Å²) in [6.45, 7) is 2.22. The van der Waals surface area contributed by atoms with E-state index >= 15 is 0 Å². The Bertz CT molecular complexity index is 849. The van der Waals surface area contributed by atoms with E-state index in [1.165, 1.54) is 7.11 Å². The molecule has 0 radical (unpaired) electrons. The van der Waals surface area contributed by atoms with Crippen LogP contribution in [0.4, 0.5) is 11.4 Å². The third kappa shape index (κ3) is 4.48. The van der Waals surface area contributed by atoms with Crippen LogP contribution < -0.4 is 19.7 Å². The molecular weight excluding hydrogens is 382 g/mol. The summed E-state index contributed by atoms with van der Waals surface area (Å²) in [5.41, 5.74) is 1.42. The van der Waals surface area contributed by atoms with Crippen molar-refractivity contribution in [3.8, 4) is 11.5 Å². The second-order valence-corrected chi connectivity index (χ2v) is 6.71. The maximum Gasteiger partial charge on any atom is 0.314 e. The van der Waals surface area contributed by atoms with Gasteiger partial charge in [0.1, 0.15) is 11.5 Å². The van der Waals surface area contributed by atoms with Crippen LogP contribution in [0.25, 0.3) is 0 Å². The fourth-order valence-corrected chi connectivity index (χ4v) is 3.23. The largest absolute Gasteiger partial charge is 0.497 e. The monoisotopic (exact) mass is 403 g/mol. The van der Waals surface area contributed by atoms with E-state index in [0.29, 0.717) is 42.6 Å². The van der Waals surface area contributed by atoms with Crippen molar-refractivity contribution in [3.63, 3.8) is 0 Å². The van der Waals surface area contributed by atoms with Gasteiger partial charge in [-0.15, -0.1) is 0 Å². The standard InChI is InChI=1S/C20H22ClN3O4/c1-27-16-6-4-15(5-7-16)23-9-11-24(12-10-23)20(26)19(25)22-17-13-14(21)3-8-18(17)28-2/h3-8,13H,9-12H2,1-2H3,(H,22,25). The Morgan fingerprint density at radius 3 is 2.25 bits per heavy atom.